The number of nitrogens with two attached hydrogens (primary N) is 1. The lowest BCUT2D eigenvalue weighted by Crippen LogP contribution is -1.87. The van der Waals surface area contributed by atoms with Gasteiger partial charge in [0.15, 0.2) is 0 Å². The molecule has 0 bridgehead atoms. The van der Waals surface area contributed by atoms with Crippen LogP contribution in [0.15, 0.2) is 40.9 Å². The Labute approximate surface area is 120 Å². The molecule has 2 aromatic carbocycles. The summed E-state index contributed by atoms with van der Waals surface area (Å²) in [7, 11) is 0. The van der Waals surface area contributed by atoms with E-state index >= 15 is 0 Å². The van der Waals surface area contributed by atoms with Crippen molar-refractivity contribution >= 4 is 33.3 Å². The smallest absolute Gasteiger partial charge is 0.124 e. The maximum absolute atomic E-state index is 13.4. The van der Waals surface area contributed by atoms with Crippen LogP contribution in [0.5, 0.6) is 0 Å². The molecule has 0 atom stereocenters. The number of anilines is 1. The van der Waals surface area contributed by atoms with Gasteiger partial charge in [-0.1, -0.05) is 28.1 Å². The maximum Gasteiger partial charge on any atom is 0.124 e. The Kier molecular flexibility index (Phi) is 3.15. The SMILES string of the molecule is Nc1ccc2c(c1)CCC2=Cc1cc(F)cc(Br)c1. The van der Waals surface area contributed by atoms with Crippen LogP contribution in [0.25, 0.3) is 11.6 Å². The zero-order valence-electron chi connectivity index (χ0n) is 10.3. The first-order valence-corrected chi connectivity index (χ1v) is 6.96. The quantitative estimate of drug-likeness (QED) is 0.761. The van der Waals surface area contributed by atoms with E-state index in [-0.39, 0.29) is 5.82 Å². The fourth-order valence-corrected chi connectivity index (χ4v) is 3.03. The lowest BCUT2D eigenvalue weighted by atomic mass is 10.0. The van der Waals surface area contributed by atoms with Crippen molar-refractivity contribution in [2.24, 2.45) is 0 Å². The second kappa shape index (κ2) is 4.82. The van der Waals surface area contributed by atoms with E-state index in [1.54, 1.807) is 6.07 Å². The first kappa shape index (κ1) is 12.4. The van der Waals surface area contributed by atoms with Crippen molar-refractivity contribution in [3.63, 3.8) is 0 Å². The minimum absolute atomic E-state index is 0.225. The molecule has 96 valence electrons. The highest BCUT2D eigenvalue weighted by molar-refractivity contribution is 9.10. The fraction of sp³-hybridized carbons (Fsp3) is 0.125. The molecule has 1 aliphatic carbocycles. The molecule has 0 fully saturated rings. The Morgan fingerprint density at radius 2 is 1.95 bits per heavy atom. The van der Waals surface area contributed by atoms with Crippen LogP contribution in [0.4, 0.5) is 10.1 Å². The summed E-state index contributed by atoms with van der Waals surface area (Å²) in [5.74, 6) is -0.225. The Bertz CT molecular complexity index is 656. The molecule has 0 heterocycles. The minimum atomic E-state index is -0.225. The summed E-state index contributed by atoms with van der Waals surface area (Å²) in [6, 6.07) is 10.9. The lowest BCUT2D eigenvalue weighted by Gasteiger charge is -2.03. The number of benzene rings is 2. The van der Waals surface area contributed by atoms with E-state index in [0.29, 0.717) is 0 Å². The minimum Gasteiger partial charge on any atom is -0.399 e. The maximum atomic E-state index is 13.4. The van der Waals surface area contributed by atoms with Crippen molar-refractivity contribution in [1.29, 1.82) is 0 Å². The second-order valence-corrected chi connectivity index (χ2v) is 5.70. The molecular formula is C16H13BrFN. The third-order valence-corrected chi connectivity index (χ3v) is 3.82. The summed E-state index contributed by atoms with van der Waals surface area (Å²) in [4.78, 5) is 0. The van der Waals surface area contributed by atoms with Gasteiger partial charge in [-0.25, -0.2) is 4.39 Å². The van der Waals surface area contributed by atoms with Gasteiger partial charge >= 0.3 is 0 Å². The molecule has 0 amide bonds. The fourth-order valence-electron chi connectivity index (χ4n) is 2.55. The number of rotatable bonds is 1. The van der Waals surface area contributed by atoms with Gasteiger partial charge in [-0.3, -0.25) is 0 Å². The van der Waals surface area contributed by atoms with E-state index < -0.39 is 0 Å². The summed E-state index contributed by atoms with van der Waals surface area (Å²) < 4.78 is 14.1. The number of halogens is 2. The zero-order valence-corrected chi connectivity index (χ0v) is 11.9. The number of allylic oxidation sites excluding steroid dienone is 1. The Morgan fingerprint density at radius 3 is 2.74 bits per heavy atom. The largest absolute Gasteiger partial charge is 0.399 e. The van der Waals surface area contributed by atoms with Gasteiger partial charge in [0.1, 0.15) is 5.82 Å². The van der Waals surface area contributed by atoms with Crippen molar-refractivity contribution in [2.75, 3.05) is 5.73 Å². The average Bonchev–Trinajstić information content (AvgIpc) is 2.70. The molecule has 0 saturated heterocycles. The van der Waals surface area contributed by atoms with Crippen molar-refractivity contribution in [1.82, 2.24) is 0 Å². The van der Waals surface area contributed by atoms with E-state index in [0.717, 1.165) is 28.6 Å². The third kappa shape index (κ3) is 2.56. The molecule has 0 spiro atoms. The number of hydrogen-bond donors (Lipinski definition) is 1. The van der Waals surface area contributed by atoms with Crippen molar-refractivity contribution in [2.45, 2.75) is 12.8 Å². The molecular weight excluding hydrogens is 305 g/mol. The molecule has 0 saturated carbocycles. The molecule has 1 nitrogen and oxygen atoms in total. The highest BCUT2D eigenvalue weighted by Crippen LogP contribution is 2.35. The number of aryl methyl sites for hydroxylation is 1. The summed E-state index contributed by atoms with van der Waals surface area (Å²) in [6.45, 7) is 0. The van der Waals surface area contributed by atoms with Crippen LogP contribution in [0.2, 0.25) is 0 Å². The first-order valence-electron chi connectivity index (χ1n) is 6.17. The van der Waals surface area contributed by atoms with Gasteiger partial charge in [-0.2, -0.15) is 0 Å². The van der Waals surface area contributed by atoms with Gasteiger partial charge in [-0.15, -0.1) is 0 Å². The van der Waals surface area contributed by atoms with Gasteiger partial charge in [0.2, 0.25) is 0 Å². The van der Waals surface area contributed by atoms with Gasteiger partial charge in [0.05, 0.1) is 0 Å². The van der Waals surface area contributed by atoms with Crippen LogP contribution in [-0.4, -0.2) is 0 Å². The topological polar surface area (TPSA) is 26.0 Å². The molecule has 0 aromatic heterocycles. The highest BCUT2D eigenvalue weighted by Gasteiger charge is 2.16. The summed E-state index contributed by atoms with van der Waals surface area (Å²) in [6.07, 6.45) is 4.03. The Morgan fingerprint density at radius 1 is 1.11 bits per heavy atom. The second-order valence-electron chi connectivity index (χ2n) is 4.79. The first-order chi connectivity index (χ1) is 9.11. The number of fused-ring (bicyclic) bond motifs is 1. The van der Waals surface area contributed by atoms with E-state index in [1.807, 2.05) is 18.2 Å². The van der Waals surface area contributed by atoms with Crippen LogP contribution in [0.1, 0.15) is 23.1 Å². The predicted octanol–water partition coefficient (Wildman–Crippen LogP) is 4.66. The van der Waals surface area contributed by atoms with Gasteiger partial charge in [0.25, 0.3) is 0 Å². The van der Waals surface area contributed by atoms with Crippen LogP contribution in [-0.2, 0) is 6.42 Å². The van der Waals surface area contributed by atoms with Crippen LogP contribution >= 0.6 is 15.9 Å². The zero-order chi connectivity index (χ0) is 13.4. The average molecular weight is 318 g/mol. The third-order valence-electron chi connectivity index (χ3n) is 3.36. The summed E-state index contributed by atoms with van der Waals surface area (Å²) in [5, 5.41) is 0. The molecule has 19 heavy (non-hydrogen) atoms. The lowest BCUT2D eigenvalue weighted by molar-refractivity contribution is 0.626. The van der Waals surface area contributed by atoms with Gasteiger partial charge in [0, 0.05) is 10.2 Å². The Balaban J connectivity index is 2.03. The number of nitrogen functional groups attached to an aromatic ring is 1. The van der Waals surface area contributed by atoms with E-state index in [2.05, 4.69) is 28.1 Å². The van der Waals surface area contributed by atoms with E-state index in [4.69, 9.17) is 5.73 Å². The van der Waals surface area contributed by atoms with Gasteiger partial charge in [-0.05, 0) is 65.4 Å². The molecule has 3 rings (SSSR count). The van der Waals surface area contributed by atoms with Crippen molar-refractivity contribution in [3.8, 4) is 0 Å². The summed E-state index contributed by atoms with van der Waals surface area (Å²) >= 11 is 3.32. The molecule has 2 aromatic rings. The van der Waals surface area contributed by atoms with Gasteiger partial charge < -0.3 is 5.73 Å². The molecule has 0 aliphatic heterocycles. The molecule has 0 radical (unpaired) electrons. The van der Waals surface area contributed by atoms with Crippen LogP contribution in [0, 0.1) is 5.82 Å². The Hall–Kier alpha value is -1.61. The van der Waals surface area contributed by atoms with Crippen molar-refractivity contribution in [3.05, 3.63) is 63.4 Å². The molecule has 1 aliphatic rings. The normalized spacial score (nSPS) is 15.8. The molecule has 3 heteroatoms. The van der Waals surface area contributed by atoms with Crippen LogP contribution in [0.3, 0.4) is 0 Å². The standard InChI is InChI=1S/C16H13BrFN/c17-13-6-10(7-14(18)9-13)5-11-1-2-12-8-15(19)3-4-16(11)12/h3-9H,1-2,19H2. The van der Waals surface area contributed by atoms with Crippen LogP contribution < -0.4 is 5.73 Å². The highest BCUT2D eigenvalue weighted by atomic mass is 79.9. The summed E-state index contributed by atoms with van der Waals surface area (Å²) in [5.41, 5.74) is 11.2. The van der Waals surface area contributed by atoms with Crippen molar-refractivity contribution < 1.29 is 4.39 Å². The molecule has 0 unspecified atom stereocenters. The van der Waals surface area contributed by atoms with E-state index in [9.17, 15) is 4.39 Å². The molecule has 2 N–H and O–H groups in total. The number of hydrogen-bond acceptors (Lipinski definition) is 1. The van der Waals surface area contributed by atoms with E-state index in [1.165, 1.54) is 22.8 Å². The monoisotopic (exact) mass is 317 g/mol. The predicted molar refractivity (Wildman–Crippen MR) is 81.1 cm³/mol.